The summed E-state index contributed by atoms with van der Waals surface area (Å²) in [6.07, 6.45) is 0. The van der Waals surface area contributed by atoms with Crippen LogP contribution in [0.2, 0.25) is 5.02 Å². The van der Waals surface area contributed by atoms with Gasteiger partial charge in [-0.25, -0.2) is 4.39 Å². The minimum absolute atomic E-state index is 0.0343. The molecule has 1 unspecified atom stereocenters. The smallest absolute Gasteiger partial charge is 0.226 e. The zero-order valence-corrected chi connectivity index (χ0v) is 10.7. The Balaban J connectivity index is 2.71. The Hall–Kier alpha value is -1.13. The van der Waals surface area contributed by atoms with Gasteiger partial charge in [-0.05, 0) is 17.7 Å². The van der Waals surface area contributed by atoms with Crippen molar-refractivity contribution in [1.82, 2.24) is 4.90 Å². The summed E-state index contributed by atoms with van der Waals surface area (Å²) in [4.78, 5) is 13.3. The molecule has 0 saturated carbocycles. The summed E-state index contributed by atoms with van der Waals surface area (Å²) < 4.78 is 12.9. The van der Waals surface area contributed by atoms with Crippen molar-refractivity contribution in [2.45, 2.75) is 13.5 Å². The van der Waals surface area contributed by atoms with Gasteiger partial charge in [0.25, 0.3) is 0 Å². The Labute approximate surface area is 105 Å². The Bertz CT molecular complexity index is 411. The van der Waals surface area contributed by atoms with Gasteiger partial charge in [0, 0.05) is 26.1 Å². The van der Waals surface area contributed by atoms with E-state index in [0.717, 1.165) is 5.56 Å². The highest BCUT2D eigenvalue weighted by atomic mass is 35.5. The van der Waals surface area contributed by atoms with E-state index in [1.165, 1.54) is 12.1 Å². The van der Waals surface area contributed by atoms with Crippen LogP contribution in [0.15, 0.2) is 18.2 Å². The summed E-state index contributed by atoms with van der Waals surface area (Å²) in [5.41, 5.74) is 6.22. The molecule has 3 nitrogen and oxygen atoms in total. The minimum Gasteiger partial charge on any atom is -0.341 e. The topological polar surface area (TPSA) is 46.3 Å². The van der Waals surface area contributed by atoms with E-state index in [1.807, 2.05) is 0 Å². The second-order valence-electron chi connectivity index (χ2n) is 4.08. The SMILES string of the molecule is CC(CN)C(=O)N(C)Cc1ccc(F)c(Cl)c1. The predicted molar refractivity (Wildman–Crippen MR) is 66.1 cm³/mol. The second kappa shape index (κ2) is 5.98. The Kier molecular flexibility index (Phi) is 4.90. The molecule has 1 atom stereocenters. The number of halogens is 2. The first kappa shape index (κ1) is 13.9. The molecule has 94 valence electrons. The monoisotopic (exact) mass is 258 g/mol. The van der Waals surface area contributed by atoms with Gasteiger partial charge >= 0.3 is 0 Å². The molecule has 17 heavy (non-hydrogen) atoms. The highest BCUT2D eigenvalue weighted by molar-refractivity contribution is 6.30. The van der Waals surface area contributed by atoms with Gasteiger partial charge in [0.2, 0.25) is 5.91 Å². The van der Waals surface area contributed by atoms with Crippen LogP contribution in [0.25, 0.3) is 0 Å². The van der Waals surface area contributed by atoms with Gasteiger partial charge in [0.15, 0.2) is 0 Å². The molecule has 5 heteroatoms. The largest absolute Gasteiger partial charge is 0.341 e. The molecule has 0 saturated heterocycles. The summed E-state index contributed by atoms with van der Waals surface area (Å²) in [6.45, 7) is 2.48. The molecule has 0 fully saturated rings. The van der Waals surface area contributed by atoms with E-state index in [-0.39, 0.29) is 16.8 Å². The van der Waals surface area contributed by atoms with Gasteiger partial charge in [-0.1, -0.05) is 24.6 Å². The number of nitrogens with two attached hydrogens (primary N) is 1. The molecule has 2 N–H and O–H groups in total. The highest BCUT2D eigenvalue weighted by Crippen LogP contribution is 2.17. The maximum absolute atomic E-state index is 12.9. The third-order valence-corrected chi connectivity index (χ3v) is 2.84. The van der Waals surface area contributed by atoms with Crippen LogP contribution in [0.3, 0.4) is 0 Å². The van der Waals surface area contributed by atoms with Crippen molar-refractivity contribution in [3.8, 4) is 0 Å². The first-order chi connectivity index (χ1) is 7.95. The average Bonchev–Trinajstić information content (AvgIpc) is 2.31. The lowest BCUT2D eigenvalue weighted by atomic mass is 10.1. The molecule has 1 amide bonds. The van der Waals surface area contributed by atoms with E-state index in [9.17, 15) is 9.18 Å². The van der Waals surface area contributed by atoms with Crippen molar-refractivity contribution in [2.75, 3.05) is 13.6 Å². The van der Waals surface area contributed by atoms with Crippen molar-refractivity contribution in [1.29, 1.82) is 0 Å². The maximum Gasteiger partial charge on any atom is 0.226 e. The molecule has 0 aromatic heterocycles. The standard InChI is InChI=1S/C12H16ClFN2O/c1-8(6-15)12(17)16(2)7-9-3-4-11(14)10(13)5-9/h3-5,8H,6-7,15H2,1-2H3. The number of hydrogen-bond donors (Lipinski definition) is 1. The Morgan fingerprint density at radius 1 is 1.59 bits per heavy atom. The molecule has 0 radical (unpaired) electrons. The van der Waals surface area contributed by atoms with Gasteiger partial charge in [-0.2, -0.15) is 0 Å². The van der Waals surface area contributed by atoms with E-state index in [1.54, 1.807) is 24.9 Å². The van der Waals surface area contributed by atoms with Crippen LogP contribution in [0.1, 0.15) is 12.5 Å². The molecule has 0 aliphatic heterocycles. The summed E-state index contributed by atoms with van der Waals surface area (Å²) in [5.74, 6) is -0.705. The summed E-state index contributed by atoms with van der Waals surface area (Å²) in [7, 11) is 1.69. The molecule has 0 spiro atoms. The number of amides is 1. The number of benzene rings is 1. The van der Waals surface area contributed by atoms with Gasteiger partial charge < -0.3 is 10.6 Å². The Morgan fingerprint density at radius 3 is 2.76 bits per heavy atom. The zero-order valence-electron chi connectivity index (χ0n) is 9.91. The fourth-order valence-electron chi connectivity index (χ4n) is 1.47. The van der Waals surface area contributed by atoms with Crippen LogP contribution in [0.4, 0.5) is 4.39 Å². The summed E-state index contributed by atoms with van der Waals surface area (Å²) in [6, 6.07) is 4.42. The fourth-order valence-corrected chi connectivity index (χ4v) is 1.67. The highest BCUT2D eigenvalue weighted by Gasteiger charge is 2.16. The minimum atomic E-state index is -0.459. The quantitative estimate of drug-likeness (QED) is 0.898. The molecule has 0 bridgehead atoms. The number of rotatable bonds is 4. The third-order valence-electron chi connectivity index (χ3n) is 2.56. The van der Waals surface area contributed by atoms with Crippen LogP contribution in [0.5, 0.6) is 0 Å². The van der Waals surface area contributed by atoms with Gasteiger partial charge in [-0.15, -0.1) is 0 Å². The lowest BCUT2D eigenvalue weighted by Gasteiger charge is -2.20. The lowest BCUT2D eigenvalue weighted by Crippen LogP contribution is -2.34. The molecular weight excluding hydrogens is 243 g/mol. The van der Waals surface area contributed by atoms with Crippen LogP contribution in [0, 0.1) is 11.7 Å². The van der Waals surface area contributed by atoms with E-state index in [0.29, 0.717) is 13.1 Å². The number of hydrogen-bond acceptors (Lipinski definition) is 2. The zero-order chi connectivity index (χ0) is 13.0. The van der Waals surface area contributed by atoms with Crippen LogP contribution in [-0.4, -0.2) is 24.4 Å². The van der Waals surface area contributed by atoms with Crippen molar-refractivity contribution in [3.05, 3.63) is 34.6 Å². The van der Waals surface area contributed by atoms with Crippen LogP contribution < -0.4 is 5.73 Å². The van der Waals surface area contributed by atoms with Crippen molar-refractivity contribution < 1.29 is 9.18 Å². The molecular formula is C12H16ClFN2O. The Morgan fingerprint density at radius 2 is 2.24 bits per heavy atom. The third kappa shape index (κ3) is 3.68. The molecule has 0 aliphatic rings. The molecule has 1 aromatic carbocycles. The first-order valence-electron chi connectivity index (χ1n) is 5.34. The predicted octanol–water partition coefficient (Wildman–Crippen LogP) is 2.03. The van der Waals surface area contributed by atoms with E-state index in [2.05, 4.69) is 0 Å². The normalized spacial score (nSPS) is 12.3. The number of carbonyl (C=O) groups is 1. The molecule has 0 aliphatic carbocycles. The average molecular weight is 259 g/mol. The van der Waals surface area contributed by atoms with Gasteiger partial charge in [0.05, 0.1) is 5.02 Å². The number of nitrogens with zero attached hydrogens (tertiary/aromatic N) is 1. The maximum atomic E-state index is 12.9. The van der Waals surface area contributed by atoms with Crippen molar-refractivity contribution in [3.63, 3.8) is 0 Å². The van der Waals surface area contributed by atoms with Crippen molar-refractivity contribution >= 4 is 17.5 Å². The molecule has 1 rings (SSSR count). The van der Waals surface area contributed by atoms with Gasteiger partial charge in [0.1, 0.15) is 5.82 Å². The first-order valence-corrected chi connectivity index (χ1v) is 5.72. The van der Waals surface area contributed by atoms with E-state index >= 15 is 0 Å². The summed E-state index contributed by atoms with van der Waals surface area (Å²) >= 11 is 5.67. The van der Waals surface area contributed by atoms with Crippen LogP contribution >= 0.6 is 11.6 Å². The fraction of sp³-hybridized carbons (Fsp3) is 0.417. The summed E-state index contributed by atoms with van der Waals surface area (Å²) in [5, 5.41) is 0.0650. The number of carbonyl (C=O) groups excluding carboxylic acids is 1. The van der Waals surface area contributed by atoms with Gasteiger partial charge in [-0.3, -0.25) is 4.79 Å². The molecule has 1 aromatic rings. The van der Waals surface area contributed by atoms with Crippen molar-refractivity contribution in [2.24, 2.45) is 11.7 Å². The van der Waals surface area contributed by atoms with E-state index in [4.69, 9.17) is 17.3 Å². The van der Waals surface area contributed by atoms with E-state index < -0.39 is 5.82 Å². The lowest BCUT2D eigenvalue weighted by molar-refractivity contribution is -0.133. The second-order valence-corrected chi connectivity index (χ2v) is 4.49. The molecule has 0 heterocycles. The van der Waals surface area contributed by atoms with Crippen LogP contribution in [-0.2, 0) is 11.3 Å².